The van der Waals surface area contributed by atoms with Crippen molar-refractivity contribution < 1.29 is 23.6 Å². The Morgan fingerprint density at radius 3 is 2.71 bits per heavy atom. The molecule has 0 aromatic carbocycles. The van der Waals surface area contributed by atoms with Crippen LogP contribution >= 0.6 is 7.60 Å². The molecular formula is C10H18N5O5P. The number of azide groups is 1. The van der Waals surface area contributed by atoms with Crippen molar-refractivity contribution in [1.82, 2.24) is 10.2 Å². The fourth-order valence-electron chi connectivity index (χ4n) is 1.78. The third-order valence-electron chi connectivity index (χ3n) is 2.81. The first-order valence-corrected chi connectivity index (χ1v) is 8.07. The lowest BCUT2D eigenvalue weighted by Gasteiger charge is -2.16. The number of hydrogen-bond donors (Lipinski definition) is 2. The van der Waals surface area contributed by atoms with Gasteiger partial charge in [-0.1, -0.05) is 5.11 Å². The number of hydrogen-bond acceptors (Lipinski definition) is 5. The third kappa shape index (κ3) is 5.02. The quantitative estimate of drug-likeness (QED) is 0.172. The Morgan fingerprint density at radius 2 is 2.19 bits per heavy atom. The largest absolute Gasteiger partial charge is 0.328 e. The summed E-state index contributed by atoms with van der Waals surface area (Å²) in [6.07, 6.45) is -0.0503. The molecule has 0 radical (unpaired) electrons. The van der Waals surface area contributed by atoms with E-state index < -0.39 is 19.2 Å². The summed E-state index contributed by atoms with van der Waals surface area (Å²) in [6, 6.07) is -0.512. The smallest absolute Gasteiger partial charge is 0.324 e. The zero-order valence-electron chi connectivity index (χ0n) is 11.9. The van der Waals surface area contributed by atoms with E-state index in [4.69, 9.17) is 10.1 Å². The number of nitrogens with zero attached hydrogens (tertiary/aromatic N) is 4. The molecule has 0 spiro atoms. The molecule has 1 atom stereocenters. The minimum atomic E-state index is -3.81. The van der Waals surface area contributed by atoms with Crippen LogP contribution in [0.1, 0.15) is 20.3 Å². The van der Waals surface area contributed by atoms with Crippen LogP contribution in [-0.2, 0) is 13.9 Å². The van der Waals surface area contributed by atoms with Crippen molar-refractivity contribution in [2.24, 2.45) is 5.11 Å². The summed E-state index contributed by atoms with van der Waals surface area (Å²) in [5.41, 5.74) is 7.09. The normalized spacial score (nSPS) is 19.9. The van der Waals surface area contributed by atoms with Crippen LogP contribution in [0, 0.1) is 0 Å². The molecule has 0 aromatic rings. The minimum Gasteiger partial charge on any atom is -0.324 e. The summed E-state index contributed by atoms with van der Waals surface area (Å²) < 4.78 is 16.4. The van der Waals surface area contributed by atoms with Crippen LogP contribution in [0.4, 0.5) is 4.79 Å². The van der Waals surface area contributed by atoms with Gasteiger partial charge in [0.05, 0.1) is 12.8 Å². The Bertz CT molecular complexity index is 516. The standard InChI is InChI=1S/C10H18N5O5P/c1-10(2)8(16)15(9(17)13-10)5-3-7-21(18,19)20-6-4-12-14-11/h3-7H2,1-2H3,(H,13,17)(H,18,19). The maximum Gasteiger partial charge on any atom is 0.328 e. The molecular weight excluding hydrogens is 301 g/mol. The van der Waals surface area contributed by atoms with E-state index in [1.807, 2.05) is 0 Å². The van der Waals surface area contributed by atoms with Gasteiger partial charge in [-0.3, -0.25) is 14.3 Å². The van der Waals surface area contributed by atoms with Gasteiger partial charge in [-0.15, -0.1) is 0 Å². The summed E-state index contributed by atoms with van der Waals surface area (Å²) in [7, 11) is -3.81. The Hall–Kier alpha value is -1.60. The fraction of sp³-hybridized carbons (Fsp3) is 0.800. The van der Waals surface area contributed by atoms with Crippen LogP contribution in [0.5, 0.6) is 0 Å². The second-order valence-corrected chi connectivity index (χ2v) is 6.99. The number of nitrogens with one attached hydrogen (secondary N) is 1. The summed E-state index contributed by atoms with van der Waals surface area (Å²) >= 11 is 0. The van der Waals surface area contributed by atoms with Gasteiger partial charge in [0, 0.05) is 18.0 Å². The van der Waals surface area contributed by atoms with E-state index in [-0.39, 0.29) is 38.2 Å². The highest BCUT2D eigenvalue weighted by molar-refractivity contribution is 7.52. The summed E-state index contributed by atoms with van der Waals surface area (Å²) in [5, 5.41) is 5.69. The van der Waals surface area contributed by atoms with Crippen molar-refractivity contribution in [3.8, 4) is 0 Å². The Labute approximate surface area is 121 Å². The van der Waals surface area contributed by atoms with Gasteiger partial charge in [0.2, 0.25) is 0 Å². The highest BCUT2D eigenvalue weighted by Gasteiger charge is 2.43. The van der Waals surface area contributed by atoms with Crippen molar-refractivity contribution in [1.29, 1.82) is 0 Å². The van der Waals surface area contributed by atoms with Gasteiger partial charge in [0.1, 0.15) is 5.54 Å². The molecule has 1 heterocycles. The van der Waals surface area contributed by atoms with Crippen molar-refractivity contribution >= 4 is 19.5 Å². The molecule has 3 amide bonds. The van der Waals surface area contributed by atoms with Crippen LogP contribution < -0.4 is 5.32 Å². The molecule has 0 bridgehead atoms. The number of carbonyl (C=O) groups excluding carboxylic acids is 2. The molecule has 0 aliphatic carbocycles. The van der Waals surface area contributed by atoms with Crippen molar-refractivity contribution in [2.45, 2.75) is 25.8 Å². The molecule has 0 aromatic heterocycles. The van der Waals surface area contributed by atoms with Crippen LogP contribution in [0.15, 0.2) is 5.11 Å². The molecule has 1 aliphatic heterocycles. The zero-order chi connectivity index (χ0) is 16.1. The summed E-state index contributed by atoms with van der Waals surface area (Å²) in [5.74, 6) is -0.371. The highest BCUT2D eigenvalue weighted by Crippen LogP contribution is 2.42. The Balaban J connectivity index is 2.39. The van der Waals surface area contributed by atoms with Gasteiger partial charge in [0.25, 0.3) is 5.91 Å². The Morgan fingerprint density at radius 1 is 1.52 bits per heavy atom. The van der Waals surface area contributed by atoms with E-state index in [0.29, 0.717) is 0 Å². The summed E-state index contributed by atoms with van der Waals surface area (Å²) in [6.45, 7) is 3.01. The fourth-order valence-corrected chi connectivity index (χ4v) is 2.82. The number of carbonyl (C=O) groups is 2. The first-order valence-electron chi connectivity index (χ1n) is 6.31. The Kier molecular flexibility index (Phi) is 5.74. The number of rotatable bonds is 8. The average molecular weight is 319 g/mol. The van der Waals surface area contributed by atoms with Gasteiger partial charge < -0.3 is 14.7 Å². The average Bonchev–Trinajstić information content (AvgIpc) is 2.56. The SMILES string of the molecule is CC1(C)NC(=O)N(CCCP(=O)(O)OCCN=[N+]=[N-])C1=O. The molecule has 1 saturated heterocycles. The van der Waals surface area contributed by atoms with Crippen molar-refractivity contribution in [3.05, 3.63) is 10.4 Å². The number of urea groups is 1. The lowest BCUT2D eigenvalue weighted by atomic mass is 10.1. The van der Waals surface area contributed by atoms with Gasteiger partial charge in [-0.05, 0) is 25.8 Å². The molecule has 0 saturated carbocycles. The number of amides is 3. The van der Waals surface area contributed by atoms with Gasteiger partial charge in [-0.2, -0.15) is 0 Å². The van der Waals surface area contributed by atoms with Gasteiger partial charge in [0.15, 0.2) is 0 Å². The maximum atomic E-state index is 11.9. The maximum absolute atomic E-state index is 11.9. The van der Waals surface area contributed by atoms with E-state index in [1.165, 1.54) is 0 Å². The molecule has 1 rings (SSSR count). The first-order chi connectivity index (χ1) is 9.69. The second kappa shape index (κ2) is 6.91. The molecule has 118 valence electrons. The van der Waals surface area contributed by atoms with E-state index in [2.05, 4.69) is 15.3 Å². The highest BCUT2D eigenvalue weighted by atomic mass is 31.2. The summed E-state index contributed by atoms with van der Waals surface area (Å²) in [4.78, 5) is 36.5. The van der Waals surface area contributed by atoms with Gasteiger partial charge in [-0.25, -0.2) is 4.79 Å². The monoisotopic (exact) mass is 319 g/mol. The van der Waals surface area contributed by atoms with E-state index in [0.717, 1.165) is 4.90 Å². The molecule has 1 fully saturated rings. The van der Waals surface area contributed by atoms with Crippen LogP contribution in [0.25, 0.3) is 10.4 Å². The van der Waals surface area contributed by atoms with E-state index >= 15 is 0 Å². The molecule has 11 heteroatoms. The van der Waals surface area contributed by atoms with E-state index in [1.54, 1.807) is 13.8 Å². The zero-order valence-corrected chi connectivity index (χ0v) is 12.7. The first kappa shape index (κ1) is 17.5. The second-order valence-electron chi connectivity index (χ2n) is 5.01. The lowest BCUT2D eigenvalue weighted by molar-refractivity contribution is -0.130. The lowest BCUT2D eigenvalue weighted by Crippen LogP contribution is -2.40. The number of imide groups is 1. The van der Waals surface area contributed by atoms with Crippen molar-refractivity contribution in [2.75, 3.05) is 25.9 Å². The van der Waals surface area contributed by atoms with Crippen LogP contribution in [0.2, 0.25) is 0 Å². The molecule has 10 nitrogen and oxygen atoms in total. The molecule has 2 N–H and O–H groups in total. The van der Waals surface area contributed by atoms with Gasteiger partial charge >= 0.3 is 13.6 Å². The molecule has 1 aliphatic rings. The third-order valence-corrected chi connectivity index (χ3v) is 4.28. The predicted molar refractivity (Wildman–Crippen MR) is 73.6 cm³/mol. The van der Waals surface area contributed by atoms with E-state index in [9.17, 15) is 19.0 Å². The van der Waals surface area contributed by atoms with Crippen LogP contribution in [0.3, 0.4) is 0 Å². The van der Waals surface area contributed by atoms with Crippen molar-refractivity contribution in [3.63, 3.8) is 0 Å². The molecule has 1 unspecified atom stereocenters. The molecule has 21 heavy (non-hydrogen) atoms. The predicted octanol–water partition coefficient (Wildman–Crippen LogP) is 1.22. The topological polar surface area (TPSA) is 145 Å². The van der Waals surface area contributed by atoms with Crippen LogP contribution in [-0.4, -0.2) is 53.1 Å². The minimum absolute atomic E-state index is 0.0394.